The first-order chi connectivity index (χ1) is 12.3. The number of methoxy groups -OCH3 is 2. The Morgan fingerprint density at radius 2 is 1.77 bits per heavy atom. The quantitative estimate of drug-likeness (QED) is 0.402. The Labute approximate surface area is 161 Å². The predicted molar refractivity (Wildman–Crippen MR) is 98.3 cm³/mol. The smallest absolute Gasteiger partial charge is 0.340 e. The summed E-state index contributed by atoms with van der Waals surface area (Å²) in [4.78, 5) is 10.9. The van der Waals surface area contributed by atoms with Crippen LogP contribution >= 0.6 is 23.2 Å². The highest BCUT2D eigenvalue weighted by atomic mass is 35.5. The highest BCUT2D eigenvalue weighted by molar-refractivity contribution is 7.87. The zero-order chi connectivity index (χ0) is 19.3. The van der Waals surface area contributed by atoms with Crippen molar-refractivity contribution in [2.45, 2.75) is 4.90 Å². The molecule has 0 saturated heterocycles. The average molecular weight is 417 g/mol. The molecule has 2 rings (SSSR count). The molecule has 0 fully saturated rings. The number of carbonyl (C=O) groups excluding carboxylic acids is 1. The Morgan fingerprint density at radius 1 is 1.04 bits per heavy atom. The zero-order valence-corrected chi connectivity index (χ0v) is 16.1. The van der Waals surface area contributed by atoms with E-state index < -0.39 is 16.1 Å². The highest BCUT2D eigenvalue weighted by Crippen LogP contribution is 2.33. The van der Waals surface area contributed by atoms with E-state index in [1.807, 2.05) is 0 Å². The van der Waals surface area contributed by atoms with Crippen molar-refractivity contribution in [3.63, 3.8) is 0 Å². The minimum atomic E-state index is -4.23. The van der Waals surface area contributed by atoms with Crippen molar-refractivity contribution in [2.75, 3.05) is 14.2 Å². The topological polar surface area (TPSA) is 78.9 Å². The Hall–Kier alpha value is -2.22. The summed E-state index contributed by atoms with van der Waals surface area (Å²) in [6, 6.07) is 8.46. The fraction of sp³-hybridized carbons (Fsp3) is 0.118. The SMILES string of the molecule is COC(=O)/C=C/c1ccc(OS(=O)(=O)c2cc(Cl)ccc2Cl)c(OC)c1. The van der Waals surface area contributed by atoms with Gasteiger partial charge in [0, 0.05) is 11.1 Å². The number of carbonyl (C=O) groups is 1. The molecule has 0 aliphatic carbocycles. The second-order valence-electron chi connectivity index (χ2n) is 4.88. The summed E-state index contributed by atoms with van der Waals surface area (Å²) in [6.45, 7) is 0. The monoisotopic (exact) mass is 416 g/mol. The molecule has 0 heterocycles. The van der Waals surface area contributed by atoms with Gasteiger partial charge in [-0.05, 0) is 42.0 Å². The highest BCUT2D eigenvalue weighted by Gasteiger charge is 2.22. The Balaban J connectivity index is 2.35. The van der Waals surface area contributed by atoms with Crippen LogP contribution in [0.2, 0.25) is 10.0 Å². The van der Waals surface area contributed by atoms with Gasteiger partial charge in [-0.25, -0.2) is 4.79 Å². The first-order valence-corrected chi connectivity index (χ1v) is 9.27. The van der Waals surface area contributed by atoms with Crippen LogP contribution in [0.15, 0.2) is 47.4 Å². The third-order valence-electron chi connectivity index (χ3n) is 3.16. The normalized spacial score (nSPS) is 11.4. The van der Waals surface area contributed by atoms with E-state index in [2.05, 4.69) is 4.74 Å². The minimum absolute atomic E-state index is 0.0222. The minimum Gasteiger partial charge on any atom is -0.493 e. The molecular weight excluding hydrogens is 403 g/mol. The standard InChI is InChI=1S/C17H14Cl2O6S/c1-23-15-9-11(4-8-17(20)24-2)3-7-14(15)25-26(21,22)16-10-12(18)5-6-13(16)19/h3-10H,1-2H3/b8-4+. The van der Waals surface area contributed by atoms with Crippen molar-refractivity contribution in [1.82, 2.24) is 0 Å². The van der Waals surface area contributed by atoms with Gasteiger partial charge in [0.1, 0.15) is 4.90 Å². The summed E-state index contributed by atoms with van der Waals surface area (Å²) in [5.74, 6) is -0.417. The van der Waals surface area contributed by atoms with Gasteiger partial charge in [-0.2, -0.15) is 8.42 Å². The Morgan fingerprint density at radius 3 is 2.42 bits per heavy atom. The Bertz CT molecular complexity index is 954. The first-order valence-electron chi connectivity index (χ1n) is 7.10. The number of halogens is 2. The molecule has 0 unspecified atom stereocenters. The number of esters is 1. The van der Waals surface area contributed by atoms with Crippen LogP contribution in [0.5, 0.6) is 11.5 Å². The molecule has 6 nitrogen and oxygen atoms in total. The van der Waals surface area contributed by atoms with Gasteiger partial charge in [0.05, 0.1) is 19.2 Å². The maximum atomic E-state index is 12.5. The van der Waals surface area contributed by atoms with Gasteiger partial charge in [-0.15, -0.1) is 0 Å². The largest absolute Gasteiger partial charge is 0.493 e. The fourth-order valence-electron chi connectivity index (χ4n) is 1.92. The number of hydrogen-bond donors (Lipinski definition) is 0. The molecule has 0 aromatic heterocycles. The van der Waals surface area contributed by atoms with E-state index in [-0.39, 0.29) is 26.4 Å². The lowest BCUT2D eigenvalue weighted by atomic mass is 10.2. The molecule has 138 valence electrons. The number of ether oxygens (including phenoxy) is 2. The maximum Gasteiger partial charge on any atom is 0.340 e. The lowest BCUT2D eigenvalue weighted by Gasteiger charge is -2.12. The summed E-state index contributed by atoms with van der Waals surface area (Å²) < 4.78 is 39.8. The van der Waals surface area contributed by atoms with Crippen molar-refractivity contribution in [3.05, 3.63) is 58.1 Å². The molecule has 9 heteroatoms. The van der Waals surface area contributed by atoms with Crippen LogP contribution in [0, 0.1) is 0 Å². The fourth-order valence-corrected chi connectivity index (χ4v) is 3.60. The van der Waals surface area contributed by atoms with Crippen molar-refractivity contribution >= 4 is 45.4 Å². The molecule has 0 saturated carbocycles. The molecule has 0 bridgehead atoms. The van der Waals surface area contributed by atoms with Crippen molar-refractivity contribution in [2.24, 2.45) is 0 Å². The molecule has 2 aromatic rings. The van der Waals surface area contributed by atoms with Crippen molar-refractivity contribution in [1.29, 1.82) is 0 Å². The maximum absolute atomic E-state index is 12.5. The van der Waals surface area contributed by atoms with Gasteiger partial charge in [-0.1, -0.05) is 29.3 Å². The molecule has 26 heavy (non-hydrogen) atoms. The second kappa shape index (κ2) is 8.44. The van der Waals surface area contributed by atoms with Gasteiger partial charge in [0.15, 0.2) is 11.5 Å². The Kier molecular flexibility index (Phi) is 6.52. The van der Waals surface area contributed by atoms with Crippen LogP contribution in [-0.4, -0.2) is 28.6 Å². The molecule has 2 aromatic carbocycles. The predicted octanol–water partition coefficient (Wildman–Crippen LogP) is 3.96. The van der Waals surface area contributed by atoms with Crippen LogP contribution in [-0.2, 0) is 19.6 Å². The summed E-state index contributed by atoms with van der Waals surface area (Å²) in [5.41, 5.74) is 0.581. The summed E-state index contributed by atoms with van der Waals surface area (Å²) in [6.07, 6.45) is 2.71. The van der Waals surface area contributed by atoms with Gasteiger partial charge in [-0.3, -0.25) is 0 Å². The van der Waals surface area contributed by atoms with Crippen LogP contribution in [0.1, 0.15) is 5.56 Å². The second-order valence-corrected chi connectivity index (χ2v) is 7.24. The summed E-state index contributed by atoms with van der Waals surface area (Å²) in [7, 11) is -1.61. The number of rotatable bonds is 6. The van der Waals surface area contributed by atoms with E-state index in [0.29, 0.717) is 5.56 Å². The van der Waals surface area contributed by atoms with Crippen LogP contribution < -0.4 is 8.92 Å². The van der Waals surface area contributed by atoms with Crippen LogP contribution in [0.3, 0.4) is 0 Å². The molecule has 0 spiro atoms. The lowest BCUT2D eigenvalue weighted by Crippen LogP contribution is -2.11. The molecule has 0 aliphatic rings. The van der Waals surface area contributed by atoms with E-state index in [9.17, 15) is 13.2 Å². The van der Waals surface area contributed by atoms with Gasteiger partial charge in [0.2, 0.25) is 0 Å². The van der Waals surface area contributed by atoms with E-state index >= 15 is 0 Å². The van der Waals surface area contributed by atoms with Crippen molar-refractivity contribution < 1.29 is 26.9 Å². The molecule has 0 atom stereocenters. The summed E-state index contributed by atoms with van der Waals surface area (Å²) in [5, 5.41) is 0.179. The average Bonchev–Trinajstić information content (AvgIpc) is 2.62. The molecule has 0 aliphatic heterocycles. The van der Waals surface area contributed by atoms with E-state index in [1.54, 1.807) is 6.07 Å². The van der Waals surface area contributed by atoms with Crippen LogP contribution in [0.25, 0.3) is 6.08 Å². The molecule has 0 radical (unpaired) electrons. The van der Waals surface area contributed by atoms with E-state index in [1.165, 1.54) is 56.7 Å². The van der Waals surface area contributed by atoms with E-state index in [0.717, 1.165) is 0 Å². The van der Waals surface area contributed by atoms with Gasteiger partial charge < -0.3 is 13.7 Å². The molecular formula is C17H14Cl2O6S. The van der Waals surface area contributed by atoms with Gasteiger partial charge >= 0.3 is 16.1 Å². The van der Waals surface area contributed by atoms with Crippen LogP contribution in [0.4, 0.5) is 0 Å². The first kappa shape index (κ1) is 20.1. The number of hydrogen-bond acceptors (Lipinski definition) is 6. The van der Waals surface area contributed by atoms with Crippen molar-refractivity contribution in [3.8, 4) is 11.5 Å². The third kappa shape index (κ3) is 4.91. The summed E-state index contributed by atoms with van der Waals surface area (Å²) >= 11 is 11.8. The molecule has 0 N–H and O–H groups in total. The third-order valence-corrected chi connectivity index (χ3v) is 5.11. The zero-order valence-electron chi connectivity index (χ0n) is 13.7. The lowest BCUT2D eigenvalue weighted by molar-refractivity contribution is -0.134. The van der Waals surface area contributed by atoms with E-state index in [4.69, 9.17) is 32.1 Å². The molecule has 0 amide bonds. The number of benzene rings is 2. The van der Waals surface area contributed by atoms with Gasteiger partial charge in [0.25, 0.3) is 0 Å².